The molecule has 350 valence electrons. The minimum absolute atomic E-state index is 0.0618. The van der Waals surface area contributed by atoms with Crippen molar-refractivity contribution >= 4 is 17.9 Å². The molecule has 6 nitrogen and oxygen atoms in total. The van der Waals surface area contributed by atoms with Gasteiger partial charge in [0.2, 0.25) is 0 Å². The van der Waals surface area contributed by atoms with Gasteiger partial charge in [0.15, 0.2) is 6.10 Å². The monoisotopic (exact) mass is 835 g/mol. The fourth-order valence-corrected chi connectivity index (χ4v) is 8.09. The molecule has 0 bridgehead atoms. The van der Waals surface area contributed by atoms with Crippen molar-refractivity contribution in [3.05, 3.63) is 0 Å². The second-order valence-corrected chi connectivity index (χ2v) is 18.2. The van der Waals surface area contributed by atoms with Crippen LogP contribution in [-0.2, 0) is 28.6 Å². The Labute approximate surface area is 368 Å². The van der Waals surface area contributed by atoms with Gasteiger partial charge in [0.1, 0.15) is 13.2 Å². The summed E-state index contributed by atoms with van der Waals surface area (Å²) < 4.78 is 16.8. The maximum absolute atomic E-state index is 12.8. The fourth-order valence-electron chi connectivity index (χ4n) is 8.09. The summed E-state index contributed by atoms with van der Waals surface area (Å²) in [6, 6.07) is 0. The first-order valence-electron chi connectivity index (χ1n) is 26.5. The lowest BCUT2D eigenvalue weighted by atomic mass is 10.0. The zero-order valence-corrected chi connectivity index (χ0v) is 40.1. The lowest BCUT2D eigenvalue weighted by Gasteiger charge is -2.18. The Balaban J connectivity index is 4.25. The number of ether oxygens (including phenoxy) is 3. The van der Waals surface area contributed by atoms with Gasteiger partial charge in [-0.05, 0) is 19.3 Å². The summed E-state index contributed by atoms with van der Waals surface area (Å²) in [5, 5.41) is 0. The molecule has 0 aliphatic rings. The van der Waals surface area contributed by atoms with Crippen LogP contribution in [0.25, 0.3) is 0 Å². The topological polar surface area (TPSA) is 78.9 Å². The van der Waals surface area contributed by atoms with Crippen LogP contribution in [-0.4, -0.2) is 37.2 Å². The predicted molar refractivity (Wildman–Crippen MR) is 252 cm³/mol. The van der Waals surface area contributed by atoms with Crippen molar-refractivity contribution in [3.63, 3.8) is 0 Å². The second-order valence-electron chi connectivity index (χ2n) is 18.2. The highest BCUT2D eigenvalue weighted by atomic mass is 16.6. The summed E-state index contributed by atoms with van der Waals surface area (Å²) in [6.45, 7) is 6.67. The number of hydrogen-bond acceptors (Lipinski definition) is 6. The van der Waals surface area contributed by atoms with E-state index in [-0.39, 0.29) is 31.1 Å². The third kappa shape index (κ3) is 47.3. The molecule has 0 unspecified atom stereocenters. The summed E-state index contributed by atoms with van der Waals surface area (Å²) in [6.07, 6.45) is 52.3. The first-order chi connectivity index (χ1) is 29.0. The lowest BCUT2D eigenvalue weighted by Crippen LogP contribution is -2.30. The zero-order valence-electron chi connectivity index (χ0n) is 40.1. The van der Waals surface area contributed by atoms with Crippen LogP contribution in [0.15, 0.2) is 0 Å². The van der Waals surface area contributed by atoms with Crippen LogP contribution in [0.2, 0.25) is 0 Å². The van der Waals surface area contributed by atoms with Crippen LogP contribution in [0.4, 0.5) is 0 Å². The van der Waals surface area contributed by atoms with Gasteiger partial charge in [-0.1, -0.05) is 265 Å². The molecule has 0 N–H and O–H groups in total. The number of rotatable bonds is 49. The maximum Gasteiger partial charge on any atom is 0.306 e. The van der Waals surface area contributed by atoms with Gasteiger partial charge in [0, 0.05) is 19.3 Å². The van der Waals surface area contributed by atoms with Crippen molar-refractivity contribution in [2.75, 3.05) is 13.2 Å². The number of hydrogen-bond donors (Lipinski definition) is 0. The predicted octanol–water partition coefficient (Wildman–Crippen LogP) is 17.2. The molecule has 0 aromatic heterocycles. The Bertz CT molecular complexity index is 874. The molecule has 0 rings (SSSR count). The minimum Gasteiger partial charge on any atom is -0.462 e. The highest BCUT2D eigenvalue weighted by molar-refractivity contribution is 5.71. The molecule has 0 aromatic rings. The average Bonchev–Trinajstić information content (AvgIpc) is 3.23. The van der Waals surface area contributed by atoms with Gasteiger partial charge < -0.3 is 14.2 Å². The zero-order chi connectivity index (χ0) is 43.0. The molecule has 0 amide bonds. The van der Waals surface area contributed by atoms with E-state index in [2.05, 4.69) is 20.8 Å². The van der Waals surface area contributed by atoms with E-state index < -0.39 is 6.10 Å². The summed E-state index contributed by atoms with van der Waals surface area (Å²) in [5.41, 5.74) is 0. The van der Waals surface area contributed by atoms with Crippen LogP contribution in [0.5, 0.6) is 0 Å². The first kappa shape index (κ1) is 57.4. The Kier molecular flexibility index (Phi) is 47.7. The molecule has 1 atom stereocenters. The average molecular weight is 835 g/mol. The lowest BCUT2D eigenvalue weighted by molar-refractivity contribution is -0.167. The molecule has 0 spiro atoms. The SMILES string of the molecule is CCCCCCCCCCCCCCCCCCCCC(=O)O[C@H](COC(=O)CCCCCCCCCCCC)COC(=O)CCCCCCCCCCCCCCC. The quantitative estimate of drug-likeness (QED) is 0.0345. The first-order valence-corrected chi connectivity index (χ1v) is 26.5. The Morgan fingerprint density at radius 1 is 0.271 bits per heavy atom. The van der Waals surface area contributed by atoms with Crippen molar-refractivity contribution in [3.8, 4) is 0 Å². The van der Waals surface area contributed by atoms with Gasteiger partial charge in [-0.2, -0.15) is 0 Å². The molecular weight excluding hydrogens is 733 g/mol. The van der Waals surface area contributed by atoms with E-state index in [0.29, 0.717) is 19.3 Å². The van der Waals surface area contributed by atoms with E-state index in [4.69, 9.17) is 14.2 Å². The number of esters is 3. The van der Waals surface area contributed by atoms with E-state index in [9.17, 15) is 14.4 Å². The van der Waals surface area contributed by atoms with Crippen molar-refractivity contribution in [1.82, 2.24) is 0 Å². The molecule has 0 radical (unpaired) electrons. The molecule has 0 saturated carbocycles. The summed E-state index contributed by atoms with van der Waals surface area (Å²) in [7, 11) is 0. The van der Waals surface area contributed by atoms with E-state index in [1.807, 2.05) is 0 Å². The van der Waals surface area contributed by atoms with Crippen LogP contribution in [0.3, 0.4) is 0 Å². The van der Waals surface area contributed by atoms with Gasteiger partial charge in [-0.25, -0.2) is 0 Å². The summed E-state index contributed by atoms with van der Waals surface area (Å²) in [5.74, 6) is -0.841. The van der Waals surface area contributed by atoms with Gasteiger partial charge >= 0.3 is 17.9 Å². The molecule has 0 saturated heterocycles. The highest BCUT2D eigenvalue weighted by Crippen LogP contribution is 2.17. The van der Waals surface area contributed by atoms with Crippen LogP contribution >= 0.6 is 0 Å². The van der Waals surface area contributed by atoms with Gasteiger partial charge in [0.25, 0.3) is 0 Å². The number of carbonyl (C=O) groups is 3. The van der Waals surface area contributed by atoms with Crippen molar-refractivity contribution in [1.29, 1.82) is 0 Å². The molecule has 0 heterocycles. The van der Waals surface area contributed by atoms with E-state index in [0.717, 1.165) is 57.8 Å². The highest BCUT2D eigenvalue weighted by Gasteiger charge is 2.19. The molecule has 0 aliphatic heterocycles. The fraction of sp³-hybridized carbons (Fsp3) is 0.943. The Morgan fingerprint density at radius 2 is 0.458 bits per heavy atom. The second kappa shape index (κ2) is 49.1. The van der Waals surface area contributed by atoms with Gasteiger partial charge in [-0.15, -0.1) is 0 Å². The maximum atomic E-state index is 12.8. The van der Waals surface area contributed by atoms with Crippen molar-refractivity contribution in [2.24, 2.45) is 0 Å². The summed E-state index contributed by atoms with van der Waals surface area (Å²) in [4.78, 5) is 37.9. The number of carbonyl (C=O) groups excluding carboxylic acids is 3. The summed E-state index contributed by atoms with van der Waals surface area (Å²) >= 11 is 0. The van der Waals surface area contributed by atoms with Crippen molar-refractivity contribution < 1.29 is 28.6 Å². The van der Waals surface area contributed by atoms with Crippen LogP contribution in [0.1, 0.15) is 303 Å². The van der Waals surface area contributed by atoms with E-state index in [1.54, 1.807) is 0 Å². The molecule has 59 heavy (non-hydrogen) atoms. The standard InChI is InChI=1S/C53H102O6/c1-4-7-10-13-16-19-22-24-25-26-27-28-30-32-35-38-41-44-47-53(56)59-50(48-57-51(54)45-42-39-36-33-21-18-15-12-9-6-3)49-58-52(55)46-43-40-37-34-31-29-23-20-17-14-11-8-5-2/h50H,4-49H2,1-3H3/t50-/m1/s1. The molecule has 0 aliphatic carbocycles. The minimum atomic E-state index is -0.759. The Hall–Kier alpha value is -1.59. The van der Waals surface area contributed by atoms with Gasteiger partial charge in [0.05, 0.1) is 0 Å². The smallest absolute Gasteiger partial charge is 0.306 e. The normalized spacial score (nSPS) is 11.8. The van der Waals surface area contributed by atoms with Gasteiger partial charge in [-0.3, -0.25) is 14.4 Å². The molecule has 0 fully saturated rings. The van der Waals surface area contributed by atoms with E-state index in [1.165, 1.54) is 205 Å². The van der Waals surface area contributed by atoms with E-state index >= 15 is 0 Å². The largest absolute Gasteiger partial charge is 0.462 e. The van der Waals surface area contributed by atoms with Crippen LogP contribution < -0.4 is 0 Å². The molecule has 0 aromatic carbocycles. The molecule has 6 heteroatoms. The van der Waals surface area contributed by atoms with Crippen molar-refractivity contribution in [2.45, 2.75) is 309 Å². The third-order valence-corrected chi connectivity index (χ3v) is 12.1. The Morgan fingerprint density at radius 3 is 0.678 bits per heavy atom. The third-order valence-electron chi connectivity index (χ3n) is 12.1. The number of unbranched alkanes of at least 4 members (excludes halogenated alkanes) is 38. The molecular formula is C53H102O6. The van der Waals surface area contributed by atoms with Crippen LogP contribution in [0, 0.1) is 0 Å².